The Morgan fingerprint density at radius 2 is 1.80 bits per heavy atom. The average molecular weight is 343 g/mol. The number of hydrogen-bond acceptors (Lipinski definition) is 2. The van der Waals surface area contributed by atoms with Crippen LogP contribution in [0.3, 0.4) is 0 Å². The minimum absolute atomic E-state index is 0.0431. The number of rotatable bonds is 3. The molecule has 25 heavy (non-hydrogen) atoms. The first-order valence-corrected chi connectivity index (χ1v) is 10.7. The van der Waals surface area contributed by atoms with E-state index in [0.717, 1.165) is 32.1 Å². The first-order valence-electron chi connectivity index (χ1n) is 10.7. The third-order valence-corrected chi connectivity index (χ3v) is 8.73. The van der Waals surface area contributed by atoms with Gasteiger partial charge in [0.1, 0.15) is 5.78 Å². The van der Waals surface area contributed by atoms with Crippen LogP contribution in [0.15, 0.2) is 11.6 Å². The lowest BCUT2D eigenvalue weighted by molar-refractivity contribution is -0.133. The lowest BCUT2D eigenvalue weighted by Gasteiger charge is -2.59. The molecule has 0 bridgehead atoms. The van der Waals surface area contributed by atoms with Gasteiger partial charge in [0.2, 0.25) is 0 Å². The van der Waals surface area contributed by atoms with Crippen LogP contribution in [0.25, 0.3) is 0 Å². The number of ketones is 2. The van der Waals surface area contributed by atoms with E-state index in [1.54, 1.807) is 0 Å². The summed E-state index contributed by atoms with van der Waals surface area (Å²) in [5.74, 6) is 3.44. The summed E-state index contributed by atoms with van der Waals surface area (Å²) in [4.78, 5) is 24.8. The summed E-state index contributed by atoms with van der Waals surface area (Å²) in [6.45, 7) is 6.99. The fourth-order valence-electron chi connectivity index (χ4n) is 7.28. The van der Waals surface area contributed by atoms with Gasteiger partial charge in [-0.05, 0) is 73.7 Å². The number of hydrogen-bond donors (Lipinski definition) is 0. The van der Waals surface area contributed by atoms with Gasteiger partial charge >= 0.3 is 0 Å². The van der Waals surface area contributed by atoms with Crippen molar-refractivity contribution in [3.05, 3.63) is 11.6 Å². The van der Waals surface area contributed by atoms with E-state index in [1.165, 1.54) is 37.7 Å². The molecule has 0 radical (unpaired) electrons. The fourth-order valence-corrected chi connectivity index (χ4v) is 7.28. The maximum Gasteiger partial charge on any atom is 0.155 e. The number of carbonyl (C=O) groups is 2. The van der Waals surface area contributed by atoms with Crippen molar-refractivity contribution in [1.82, 2.24) is 0 Å². The molecule has 0 N–H and O–H groups in total. The van der Waals surface area contributed by atoms with Crippen LogP contribution in [-0.4, -0.2) is 11.6 Å². The van der Waals surface area contributed by atoms with Crippen molar-refractivity contribution < 1.29 is 9.59 Å². The summed E-state index contributed by atoms with van der Waals surface area (Å²) in [5, 5.41) is 0. The van der Waals surface area contributed by atoms with Gasteiger partial charge in [0.25, 0.3) is 0 Å². The zero-order chi connectivity index (χ0) is 17.8. The average Bonchev–Trinajstić information content (AvgIpc) is 2.89. The second kappa shape index (κ2) is 6.06. The number of carbonyl (C=O) groups excluding carboxylic acids is 2. The summed E-state index contributed by atoms with van der Waals surface area (Å²) >= 11 is 0. The molecule has 138 valence electrons. The van der Waals surface area contributed by atoms with Crippen molar-refractivity contribution in [2.75, 3.05) is 0 Å². The zero-order valence-electron chi connectivity index (χ0n) is 16.3. The SMILES string of the molecule is CCCC[C@H]1C[C@@H]2[C@H](CC[C@]3(C)C(=O)CC[C@@H]23)[C@@]2(C)CCC(=O)C=C12. The molecule has 0 unspecified atom stereocenters. The quantitative estimate of drug-likeness (QED) is 0.678. The summed E-state index contributed by atoms with van der Waals surface area (Å²) in [7, 11) is 0. The molecule has 6 atom stereocenters. The Kier molecular flexibility index (Phi) is 4.24. The zero-order valence-corrected chi connectivity index (χ0v) is 16.3. The highest BCUT2D eigenvalue weighted by Gasteiger charge is 2.60. The van der Waals surface area contributed by atoms with Crippen molar-refractivity contribution in [1.29, 1.82) is 0 Å². The second-order valence-corrected chi connectivity index (χ2v) is 9.85. The van der Waals surface area contributed by atoms with Crippen LogP contribution in [0.1, 0.15) is 85.0 Å². The fraction of sp³-hybridized carbons (Fsp3) is 0.826. The predicted molar refractivity (Wildman–Crippen MR) is 100 cm³/mol. The van der Waals surface area contributed by atoms with Gasteiger partial charge in [-0.3, -0.25) is 9.59 Å². The minimum Gasteiger partial charge on any atom is -0.299 e. The molecule has 2 nitrogen and oxygen atoms in total. The Labute approximate surface area is 152 Å². The van der Waals surface area contributed by atoms with Crippen LogP contribution in [0, 0.1) is 34.5 Å². The van der Waals surface area contributed by atoms with Crippen LogP contribution in [-0.2, 0) is 9.59 Å². The van der Waals surface area contributed by atoms with Gasteiger partial charge in [-0.1, -0.05) is 39.2 Å². The van der Waals surface area contributed by atoms with E-state index in [0.29, 0.717) is 35.2 Å². The highest BCUT2D eigenvalue weighted by Crippen LogP contribution is 2.65. The molecule has 4 aliphatic carbocycles. The third kappa shape index (κ3) is 2.50. The van der Waals surface area contributed by atoms with Gasteiger partial charge in [0.15, 0.2) is 5.78 Å². The standard InChI is InChI=1S/C23H34O2/c1-4-5-6-15-13-17-18-7-8-21(25)23(18,3)12-10-19(17)22(2)11-9-16(24)14-20(15)22/h14-15,17-19H,4-13H2,1-3H3/t15-,17-,18-,19-,22+,23-/m0/s1. The highest BCUT2D eigenvalue weighted by atomic mass is 16.1. The molecule has 0 aromatic rings. The Morgan fingerprint density at radius 1 is 1.04 bits per heavy atom. The van der Waals surface area contributed by atoms with Gasteiger partial charge in [-0.2, -0.15) is 0 Å². The van der Waals surface area contributed by atoms with Gasteiger partial charge < -0.3 is 0 Å². The number of unbranched alkanes of at least 4 members (excludes halogenated alkanes) is 1. The normalized spacial score (nSPS) is 46.3. The molecule has 0 spiro atoms. The second-order valence-electron chi connectivity index (χ2n) is 9.85. The van der Waals surface area contributed by atoms with Crippen molar-refractivity contribution >= 4 is 11.6 Å². The molecule has 4 aliphatic rings. The van der Waals surface area contributed by atoms with Crippen LogP contribution in [0.4, 0.5) is 0 Å². The van der Waals surface area contributed by atoms with E-state index in [9.17, 15) is 9.59 Å². The Balaban J connectivity index is 1.71. The third-order valence-electron chi connectivity index (χ3n) is 8.73. The molecule has 0 heterocycles. The first kappa shape index (κ1) is 17.5. The van der Waals surface area contributed by atoms with Crippen LogP contribution >= 0.6 is 0 Å². The van der Waals surface area contributed by atoms with Crippen molar-refractivity contribution in [3.63, 3.8) is 0 Å². The number of Topliss-reactive ketones (excluding diaryl/α,β-unsaturated/α-hetero) is 1. The van der Waals surface area contributed by atoms with Crippen LogP contribution in [0.5, 0.6) is 0 Å². The molecule has 3 fully saturated rings. The van der Waals surface area contributed by atoms with E-state index < -0.39 is 0 Å². The maximum absolute atomic E-state index is 12.6. The summed E-state index contributed by atoms with van der Waals surface area (Å²) in [6, 6.07) is 0. The topological polar surface area (TPSA) is 34.1 Å². The molecule has 0 aliphatic heterocycles. The molecule has 0 saturated heterocycles. The van der Waals surface area contributed by atoms with E-state index >= 15 is 0 Å². The Bertz CT molecular complexity index is 618. The summed E-state index contributed by atoms with van der Waals surface area (Å²) in [6.07, 6.45) is 12.9. The smallest absolute Gasteiger partial charge is 0.155 e. The van der Waals surface area contributed by atoms with Gasteiger partial charge in [0.05, 0.1) is 0 Å². The number of allylic oxidation sites excluding steroid dienone is 1. The van der Waals surface area contributed by atoms with Crippen molar-refractivity contribution in [2.45, 2.75) is 85.0 Å². The molecular formula is C23H34O2. The van der Waals surface area contributed by atoms with Crippen molar-refractivity contribution in [2.24, 2.45) is 34.5 Å². The molecule has 0 aromatic carbocycles. The Hall–Kier alpha value is -0.920. The van der Waals surface area contributed by atoms with Crippen LogP contribution < -0.4 is 0 Å². The van der Waals surface area contributed by atoms with E-state index in [4.69, 9.17) is 0 Å². The number of fused-ring (bicyclic) bond motifs is 5. The van der Waals surface area contributed by atoms with E-state index in [2.05, 4.69) is 20.8 Å². The highest BCUT2D eigenvalue weighted by molar-refractivity contribution is 5.92. The molecule has 3 saturated carbocycles. The molecular weight excluding hydrogens is 308 g/mol. The van der Waals surface area contributed by atoms with E-state index in [1.807, 2.05) is 6.08 Å². The minimum atomic E-state index is -0.0431. The van der Waals surface area contributed by atoms with Crippen molar-refractivity contribution in [3.8, 4) is 0 Å². The summed E-state index contributed by atoms with van der Waals surface area (Å²) < 4.78 is 0. The summed E-state index contributed by atoms with van der Waals surface area (Å²) in [5.41, 5.74) is 1.66. The lowest BCUT2D eigenvalue weighted by atomic mass is 9.45. The van der Waals surface area contributed by atoms with Crippen LogP contribution in [0.2, 0.25) is 0 Å². The predicted octanol–water partition coefficient (Wildman–Crippen LogP) is 5.50. The molecule has 2 heteroatoms. The largest absolute Gasteiger partial charge is 0.299 e. The first-order chi connectivity index (χ1) is 11.9. The van der Waals surface area contributed by atoms with Gasteiger partial charge in [-0.15, -0.1) is 0 Å². The molecule has 0 aromatic heterocycles. The van der Waals surface area contributed by atoms with Gasteiger partial charge in [-0.25, -0.2) is 0 Å². The van der Waals surface area contributed by atoms with Gasteiger partial charge in [0, 0.05) is 18.3 Å². The molecule has 0 amide bonds. The lowest BCUT2D eigenvalue weighted by Crippen LogP contribution is -2.52. The maximum atomic E-state index is 12.6. The molecule has 4 rings (SSSR count). The van der Waals surface area contributed by atoms with E-state index in [-0.39, 0.29) is 10.8 Å². The Morgan fingerprint density at radius 3 is 2.56 bits per heavy atom. The monoisotopic (exact) mass is 342 g/mol.